The summed E-state index contributed by atoms with van der Waals surface area (Å²) in [5.41, 5.74) is 0. The van der Waals surface area contributed by atoms with Crippen LogP contribution in [0, 0.1) is 11.8 Å². The van der Waals surface area contributed by atoms with Gasteiger partial charge in [0.25, 0.3) is 0 Å². The number of carbonyl (C=O) groups is 2. The van der Waals surface area contributed by atoms with Crippen LogP contribution in [-0.2, 0) is 9.59 Å². The number of amides is 1. The zero-order valence-electron chi connectivity index (χ0n) is 10.7. The summed E-state index contributed by atoms with van der Waals surface area (Å²) < 4.78 is 0. The molecule has 0 spiro atoms. The molecule has 2 aliphatic rings. The molecule has 0 aromatic heterocycles. The number of carboxylic acid groups (broad SMARTS) is 1. The fourth-order valence-electron chi connectivity index (χ4n) is 2.56. The third-order valence-electron chi connectivity index (χ3n) is 3.85. The fraction of sp³-hybridized carbons (Fsp3) is 0.846. The number of hydrogen-bond donors (Lipinski definition) is 3. The molecule has 0 radical (unpaired) electrons. The first-order chi connectivity index (χ1) is 8.66. The number of rotatable bonds is 6. The molecule has 2 fully saturated rings. The molecule has 0 aromatic rings. The predicted molar refractivity (Wildman–Crippen MR) is 67.1 cm³/mol. The van der Waals surface area contributed by atoms with Crippen LogP contribution in [0.25, 0.3) is 0 Å². The molecule has 0 bridgehead atoms. The van der Waals surface area contributed by atoms with Crippen LogP contribution in [0.15, 0.2) is 0 Å². The fourth-order valence-corrected chi connectivity index (χ4v) is 2.56. The van der Waals surface area contributed by atoms with Crippen molar-refractivity contribution in [2.45, 2.75) is 44.6 Å². The van der Waals surface area contributed by atoms with Crippen molar-refractivity contribution in [2.24, 2.45) is 11.8 Å². The van der Waals surface area contributed by atoms with Gasteiger partial charge in [-0.15, -0.1) is 0 Å². The molecule has 1 saturated heterocycles. The Morgan fingerprint density at radius 3 is 2.67 bits per heavy atom. The number of carboxylic acids is 1. The largest absolute Gasteiger partial charge is 0.480 e. The van der Waals surface area contributed by atoms with Gasteiger partial charge in [0.2, 0.25) is 5.91 Å². The second-order valence-electron chi connectivity index (χ2n) is 5.47. The van der Waals surface area contributed by atoms with E-state index in [1.165, 1.54) is 12.8 Å². The van der Waals surface area contributed by atoms with Gasteiger partial charge in [0, 0.05) is 6.42 Å². The van der Waals surface area contributed by atoms with Crippen LogP contribution in [0.2, 0.25) is 0 Å². The summed E-state index contributed by atoms with van der Waals surface area (Å²) in [5.74, 6) is -0.290. The molecule has 1 aliphatic heterocycles. The zero-order chi connectivity index (χ0) is 13.0. The van der Waals surface area contributed by atoms with Crippen molar-refractivity contribution in [1.82, 2.24) is 10.6 Å². The third-order valence-corrected chi connectivity index (χ3v) is 3.85. The minimum absolute atomic E-state index is 0.111. The molecule has 5 nitrogen and oxygen atoms in total. The summed E-state index contributed by atoms with van der Waals surface area (Å²) in [6.45, 7) is 2.06. The maximum Gasteiger partial charge on any atom is 0.326 e. The molecule has 102 valence electrons. The summed E-state index contributed by atoms with van der Waals surface area (Å²) in [6.07, 6.45) is 5.49. The van der Waals surface area contributed by atoms with Crippen molar-refractivity contribution in [3.8, 4) is 0 Å². The highest BCUT2D eigenvalue weighted by atomic mass is 16.4. The standard InChI is InChI=1S/C13H22N2O3/c16-11(6-3-9-2-1-7-14-8-9)15-12(13(17)18)10-4-5-10/h9-10,12,14H,1-8H2,(H,15,16)(H,17,18). The lowest BCUT2D eigenvalue weighted by atomic mass is 9.94. The minimum atomic E-state index is -0.898. The van der Waals surface area contributed by atoms with Gasteiger partial charge in [0.15, 0.2) is 0 Å². The molecule has 5 heteroatoms. The zero-order valence-corrected chi connectivity index (χ0v) is 10.7. The van der Waals surface area contributed by atoms with E-state index in [2.05, 4.69) is 10.6 Å². The Bertz CT molecular complexity index is 309. The monoisotopic (exact) mass is 254 g/mol. The summed E-state index contributed by atoms with van der Waals surface area (Å²) >= 11 is 0. The van der Waals surface area contributed by atoms with Gasteiger partial charge in [0.1, 0.15) is 6.04 Å². The number of aliphatic carboxylic acids is 1. The van der Waals surface area contributed by atoms with Crippen LogP contribution < -0.4 is 10.6 Å². The van der Waals surface area contributed by atoms with E-state index in [-0.39, 0.29) is 11.8 Å². The van der Waals surface area contributed by atoms with E-state index in [1.54, 1.807) is 0 Å². The van der Waals surface area contributed by atoms with Gasteiger partial charge in [-0.3, -0.25) is 4.79 Å². The van der Waals surface area contributed by atoms with Gasteiger partial charge in [-0.25, -0.2) is 4.79 Å². The highest BCUT2D eigenvalue weighted by Gasteiger charge is 2.37. The van der Waals surface area contributed by atoms with E-state index >= 15 is 0 Å². The van der Waals surface area contributed by atoms with Gasteiger partial charge < -0.3 is 15.7 Å². The smallest absolute Gasteiger partial charge is 0.326 e. The lowest BCUT2D eigenvalue weighted by Crippen LogP contribution is -2.42. The number of piperidine rings is 1. The first-order valence-electron chi connectivity index (χ1n) is 6.89. The average Bonchev–Trinajstić information content (AvgIpc) is 3.18. The summed E-state index contributed by atoms with van der Waals surface area (Å²) in [5, 5.41) is 15.0. The molecule has 2 unspecified atom stereocenters. The quantitative estimate of drug-likeness (QED) is 0.653. The summed E-state index contributed by atoms with van der Waals surface area (Å²) in [6, 6.07) is -0.665. The van der Waals surface area contributed by atoms with Gasteiger partial charge in [0.05, 0.1) is 0 Å². The van der Waals surface area contributed by atoms with Crippen molar-refractivity contribution in [3.63, 3.8) is 0 Å². The molecule has 1 aliphatic carbocycles. The molecule has 3 N–H and O–H groups in total. The number of carbonyl (C=O) groups excluding carboxylic acids is 1. The van der Waals surface area contributed by atoms with E-state index in [9.17, 15) is 9.59 Å². The van der Waals surface area contributed by atoms with Gasteiger partial charge in [-0.05, 0) is 57.0 Å². The Morgan fingerprint density at radius 2 is 2.11 bits per heavy atom. The first-order valence-corrected chi connectivity index (χ1v) is 6.89. The van der Waals surface area contributed by atoms with Crippen molar-refractivity contribution >= 4 is 11.9 Å². The van der Waals surface area contributed by atoms with Crippen LogP contribution in [0.3, 0.4) is 0 Å². The Balaban J connectivity index is 1.68. The summed E-state index contributed by atoms with van der Waals surface area (Å²) in [4.78, 5) is 22.7. The van der Waals surface area contributed by atoms with E-state index in [0.29, 0.717) is 12.3 Å². The van der Waals surface area contributed by atoms with Crippen LogP contribution in [-0.4, -0.2) is 36.1 Å². The van der Waals surface area contributed by atoms with Crippen LogP contribution >= 0.6 is 0 Å². The first kappa shape index (κ1) is 13.3. The molecule has 2 atom stereocenters. The predicted octanol–water partition coefficient (Wildman–Crippen LogP) is 0.746. The number of hydrogen-bond acceptors (Lipinski definition) is 3. The lowest BCUT2D eigenvalue weighted by molar-refractivity contribution is -0.142. The maximum atomic E-state index is 11.7. The van der Waals surface area contributed by atoms with E-state index in [1.807, 2.05) is 0 Å². The molecule has 1 saturated carbocycles. The maximum absolute atomic E-state index is 11.7. The Labute approximate surface area is 107 Å². The SMILES string of the molecule is O=C(CCC1CCCNC1)NC(C(=O)O)C1CC1. The van der Waals surface area contributed by atoms with Crippen molar-refractivity contribution in [1.29, 1.82) is 0 Å². The van der Waals surface area contributed by atoms with Crippen molar-refractivity contribution in [3.05, 3.63) is 0 Å². The van der Waals surface area contributed by atoms with Crippen molar-refractivity contribution < 1.29 is 14.7 Å². The van der Waals surface area contributed by atoms with Crippen LogP contribution in [0.5, 0.6) is 0 Å². The van der Waals surface area contributed by atoms with Crippen LogP contribution in [0.1, 0.15) is 38.5 Å². The average molecular weight is 254 g/mol. The minimum Gasteiger partial charge on any atom is -0.480 e. The lowest BCUT2D eigenvalue weighted by Gasteiger charge is -2.22. The molecular weight excluding hydrogens is 232 g/mol. The summed E-state index contributed by atoms with van der Waals surface area (Å²) in [7, 11) is 0. The van der Waals surface area contributed by atoms with E-state index in [0.717, 1.165) is 32.4 Å². The highest BCUT2D eigenvalue weighted by Crippen LogP contribution is 2.32. The Hall–Kier alpha value is -1.10. The third kappa shape index (κ3) is 3.98. The van der Waals surface area contributed by atoms with E-state index < -0.39 is 12.0 Å². The van der Waals surface area contributed by atoms with Crippen molar-refractivity contribution in [2.75, 3.05) is 13.1 Å². The topological polar surface area (TPSA) is 78.4 Å². The molecular formula is C13H22N2O3. The van der Waals surface area contributed by atoms with Gasteiger partial charge in [-0.2, -0.15) is 0 Å². The molecule has 1 amide bonds. The van der Waals surface area contributed by atoms with Crippen LogP contribution in [0.4, 0.5) is 0 Å². The van der Waals surface area contributed by atoms with Gasteiger partial charge >= 0.3 is 5.97 Å². The highest BCUT2D eigenvalue weighted by molar-refractivity contribution is 5.84. The molecule has 2 rings (SSSR count). The molecule has 0 aromatic carbocycles. The molecule has 1 heterocycles. The molecule has 18 heavy (non-hydrogen) atoms. The second kappa shape index (κ2) is 6.18. The second-order valence-corrected chi connectivity index (χ2v) is 5.47. The van der Waals surface area contributed by atoms with Gasteiger partial charge in [-0.1, -0.05) is 0 Å². The Morgan fingerprint density at radius 1 is 1.33 bits per heavy atom. The Kier molecular flexibility index (Phi) is 4.58. The number of nitrogens with one attached hydrogen (secondary N) is 2. The van der Waals surface area contributed by atoms with E-state index in [4.69, 9.17) is 5.11 Å². The normalized spacial score (nSPS) is 25.4.